The summed E-state index contributed by atoms with van der Waals surface area (Å²) < 4.78 is 15.4. The van der Waals surface area contributed by atoms with Gasteiger partial charge in [0.15, 0.2) is 12.3 Å². The molecule has 10 heteroatoms. The predicted octanol–water partition coefficient (Wildman–Crippen LogP) is 3.36. The maximum absolute atomic E-state index is 12.3. The Hall–Kier alpha value is -4.21. The summed E-state index contributed by atoms with van der Waals surface area (Å²) in [7, 11) is 1.37. The molecule has 0 fully saturated rings. The molecule has 0 aliphatic carbocycles. The lowest BCUT2D eigenvalue weighted by Crippen LogP contribution is -2.21. The van der Waals surface area contributed by atoms with Crippen LogP contribution in [0.3, 0.4) is 0 Å². The molecule has 1 aromatic heterocycles. The molecule has 3 aromatic rings. The summed E-state index contributed by atoms with van der Waals surface area (Å²) in [4.78, 5) is 39.0. The topological polar surface area (TPSA) is 134 Å². The van der Waals surface area contributed by atoms with Crippen molar-refractivity contribution in [1.82, 2.24) is 4.98 Å². The van der Waals surface area contributed by atoms with E-state index in [1.807, 2.05) is 6.07 Å². The molecule has 0 aliphatic heterocycles. The summed E-state index contributed by atoms with van der Waals surface area (Å²) in [5.74, 6) is -0.843. The van der Waals surface area contributed by atoms with Crippen LogP contribution in [0, 0.1) is 17.0 Å². The Morgan fingerprint density at radius 2 is 1.93 bits per heavy atom. The number of nitrogens with one attached hydrogen (secondary N) is 1. The van der Waals surface area contributed by atoms with Gasteiger partial charge in [-0.15, -0.1) is 0 Å². The number of benzene rings is 2. The second-order valence-electron chi connectivity index (χ2n) is 6.05. The first kappa shape index (κ1) is 20.5. The van der Waals surface area contributed by atoms with Gasteiger partial charge in [-0.3, -0.25) is 14.9 Å². The van der Waals surface area contributed by atoms with Gasteiger partial charge in [0.25, 0.3) is 11.6 Å². The van der Waals surface area contributed by atoms with Crippen LogP contribution < -0.4 is 10.1 Å². The van der Waals surface area contributed by atoms with Gasteiger partial charge in [-0.25, -0.2) is 9.78 Å². The molecule has 0 radical (unpaired) electrons. The van der Waals surface area contributed by atoms with Crippen molar-refractivity contribution in [2.75, 3.05) is 19.0 Å². The van der Waals surface area contributed by atoms with Crippen molar-refractivity contribution in [2.45, 2.75) is 6.92 Å². The Balaban J connectivity index is 1.65. The highest BCUT2D eigenvalue weighted by atomic mass is 16.6. The Morgan fingerprint density at radius 3 is 2.60 bits per heavy atom. The second kappa shape index (κ2) is 8.86. The molecule has 1 N–H and O–H groups in total. The number of methoxy groups -OCH3 is 1. The number of carbonyl (C=O) groups excluding carboxylic acids is 2. The molecular formula is C20H17N3O7. The van der Waals surface area contributed by atoms with Crippen molar-refractivity contribution >= 4 is 23.3 Å². The van der Waals surface area contributed by atoms with Crippen LogP contribution in [0.5, 0.6) is 5.75 Å². The van der Waals surface area contributed by atoms with Gasteiger partial charge in [0.2, 0.25) is 5.89 Å². The molecule has 3 rings (SSSR count). The van der Waals surface area contributed by atoms with Gasteiger partial charge in [0.1, 0.15) is 17.2 Å². The van der Waals surface area contributed by atoms with Gasteiger partial charge in [-0.1, -0.05) is 18.2 Å². The Morgan fingerprint density at radius 1 is 1.20 bits per heavy atom. The third-order valence-electron chi connectivity index (χ3n) is 4.02. The number of aryl methyl sites for hydroxylation is 1. The summed E-state index contributed by atoms with van der Waals surface area (Å²) >= 11 is 0. The first-order chi connectivity index (χ1) is 14.4. The number of anilines is 1. The lowest BCUT2D eigenvalue weighted by atomic mass is 10.2. The van der Waals surface area contributed by atoms with E-state index >= 15 is 0 Å². The molecule has 0 bridgehead atoms. The average Bonchev–Trinajstić information content (AvgIpc) is 3.14. The number of amides is 1. The maximum Gasteiger partial charge on any atom is 0.361 e. The zero-order chi connectivity index (χ0) is 21.7. The molecule has 0 atom stereocenters. The Bertz CT molecular complexity index is 1090. The fourth-order valence-corrected chi connectivity index (χ4v) is 2.57. The number of esters is 1. The largest absolute Gasteiger partial charge is 0.496 e. The predicted molar refractivity (Wildman–Crippen MR) is 105 cm³/mol. The van der Waals surface area contributed by atoms with Crippen molar-refractivity contribution in [3.05, 3.63) is 70.1 Å². The number of hydrogen-bond acceptors (Lipinski definition) is 8. The first-order valence-corrected chi connectivity index (χ1v) is 8.71. The average molecular weight is 411 g/mol. The molecule has 0 spiro atoms. The van der Waals surface area contributed by atoms with Crippen LogP contribution in [0.2, 0.25) is 0 Å². The standard InChI is InChI=1S/C20H17N3O7/c1-12-18(22-19(30-12)13-6-4-3-5-7-13)20(25)29-11-17(24)21-15-9-8-14(28-2)10-16(15)23(26)27/h3-10H,11H2,1-2H3,(H,21,24). The second-order valence-corrected chi connectivity index (χ2v) is 6.05. The van der Waals surface area contributed by atoms with E-state index in [0.717, 1.165) is 0 Å². The number of ether oxygens (including phenoxy) is 2. The zero-order valence-electron chi connectivity index (χ0n) is 16.1. The summed E-state index contributed by atoms with van der Waals surface area (Å²) in [5.41, 5.74) is 0.223. The molecule has 0 unspecified atom stereocenters. The van der Waals surface area contributed by atoms with E-state index in [2.05, 4.69) is 10.3 Å². The highest BCUT2D eigenvalue weighted by molar-refractivity contribution is 5.96. The SMILES string of the molecule is COc1ccc(NC(=O)COC(=O)c2nc(-c3ccccc3)oc2C)c([N+](=O)[O-])c1. The van der Waals surface area contributed by atoms with Crippen LogP contribution in [0.25, 0.3) is 11.5 Å². The molecular weight excluding hydrogens is 394 g/mol. The van der Waals surface area contributed by atoms with E-state index in [4.69, 9.17) is 13.9 Å². The monoisotopic (exact) mass is 411 g/mol. The minimum Gasteiger partial charge on any atom is -0.496 e. The third kappa shape index (κ3) is 4.61. The zero-order valence-corrected chi connectivity index (χ0v) is 16.1. The number of nitrogens with zero attached hydrogens (tertiary/aromatic N) is 2. The molecule has 1 heterocycles. The number of hydrogen-bond donors (Lipinski definition) is 1. The lowest BCUT2D eigenvalue weighted by Gasteiger charge is -2.08. The number of nitro groups is 1. The third-order valence-corrected chi connectivity index (χ3v) is 4.02. The summed E-state index contributed by atoms with van der Waals surface area (Å²) in [6.45, 7) is 0.895. The van der Waals surface area contributed by atoms with Crippen molar-refractivity contribution < 1.29 is 28.4 Å². The van der Waals surface area contributed by atoms with Gasteiger partial charge in [0.05, 0.1) is 18.1 Å². The molecule has 2 aromatic carbocycles. The summed E-state index contributed by atoms with van der Waals surface area (Å²) in [6.07, 6.45) is 0. The van der Waals surface area contributed by atoms with Gasteiger partial charge in [-0.05, 0) is 31.2 Å². The van der Waals surface area contributed by atoms with Crippen molar-refractivity contribution in [3.8, 4) is 17.2 Å². The number of carbonyl (C=O) groups is 2. The van der Waals surface area contributed by atoms with E-state index in [1.165, 1.54) is 25.3 Å². The minimum absolute atomic E-state index is 0.0502. The van der Waals surface area contributed by atoms with Crippen LogP contribution in [0.4, 0.5) is 11.4 Å². The minimum atomic E-state index is -0.849. The Labute approximate surface area is 170 Å². The maximum atomic E-state index is 12.3. The van der Waals surface area contributed by atoms with Crippen LogP contribution >= 0.6 is 0 Å². The van der Waals surface area contributed by atoms with E-state index in [0.29, 0.717) is 5.56 Å². The number of nitro benzene ring substituents is 1. The van der Waals surface area contributed by atoms with Crippen molar-refractivity contribution in [2.24, 2.45) is 0 Å². The fraction of sp³-hybridized carbons (Fsp3) is 0.150. The van der Waals surface area contributed by atoms with Crippen LogP contribution in [-0.4, -0.2) is 35.5 Å². The summed E-state index contributed by atoms with van der Waals surface area (Å²) in [5, 5.41) is 13.5. The van der Waals surface area contributed by atoms with Crippen LogP contribution in [0.15, 0.2) is 52.9 Å². The first-order valence-electron chi connectivity index (χ1n) is 8.71. The van der Waals surface area contributed by atoms with E-state index in [-0.39, 0.29) is 34.5 Å². The van der Waals surface area contributed by atoms with E-state index in [1.54, 1.807) is 31.2 Å². The van der Waals surface area contributed by atoms with E-state index in [9.17, 15) is 19.7 Å². The molecule has 0 aliphatic rings. The van der Waals surface area contributed by atoms with E-state index < -0.39 is 23.4 Å². The van der Waals surface area contributed by atoms with Gasteiger partial charge in [0, 0.05) is 5.56 Å². The Kier molecular flexibility index (Phi) is 6.06. The molecule has 154 valence electrons. The van der Waals surface area contributed by atoms with Gasteiger partial charge in [-0.2, -0.15) is 0 Å². The summed E-state index contributed by atoms with van der Waals surface area (Å²) in [6, 6.07) is 12.9. The van der Waals surface area contributed by atoms with Crippen molar-refractivity contribution in [3.63, 3.8) is 0 Å². The molecule has 1 amide bonds. The molecule has 30 heavy (non-hydrogen) atoms. The quantitative estimate of drug-likeness (QED) is 0.355. The van der Waals surface area contributed by atoms with Gasteiger partial charge < -0.3 is 19.2 Å². The molecule has 10 nitrogen and oxygen atoms in total. The number of oxazole rings is 1. The highest BCUT2D eigenvalue weighted by Gasteiger charge is 2.22. The molecule has 0 saturated carbocycles. The van der Waals surface area contributed by atoms with Crippen LogP contribution in [0.1, 0.15) is 16.2 Å². The normalized spacial score (nSPS) is 10.3. The van der Waals surface area contributed by atoms with Gasteiger partial charge >= 0.3 is 5.97 Å². The number of rotatable bonds is 7. The smallest absolute Gasteiger partial charge is 0.361 e. The molecule has 0 saturated heterocycles. The lowest BCUT2D eigenvalue weighted by molar-refractivity contribution is -0.384. The number of aromatic nitrogens is 1. The van der Waals surface area contributed by atoms with Crippen molar-refractivity contribution in [1.29, 1.82) is 0 Å². The van der Waals surface area contributed by atoms with Crippen LogP contribution in [-0.2, 0) is 9.53 Å². The highest BCUT2D eigenvalue weighted by Crippen LogP contribution is 2.29. The fourth-order valence-electron chi connectivity index (χ4n) is 2.57.